The molecule has 88 valence electrons. The van der Waals surface area contributed by atoms with Crippen molar-refractivity contribution in [1.29, 1.82) is 0 Å². The number of nitrogens with zero attached hydrogens (tertiary/aromatic N) is 4. The molecule has 0 saturated heterocycles. The Kier molecular flexibility index (Phi) is 4.46. The third-order valence-electron chi connectivity index (χ3n) is 1.60. The largest absolute Gasteiger partial charge is 0.311 e. The lowest BCUT2D eigenvalue weighted by Crippen LogP contribution is -2.16. The molecule has 2 amide bonds. The summed E-state index contributed by atoms with van der Waals surface area (Å²) in [6.45, 7) is 1.05. The summed E-state index contributed by atoms with van der Waals surface area (Å²) in [6, 6.07) is 4.77. The maximum absolute atomic E-state index is 11.2. The third-order valence-corrected chi connectivity index (χ3v) is 1.60. The van der Waals surface area contributed by atoms with Gasteiger partial charge in [0.2, 0.25) is 11.8 Å². The molecule has 8 heteroatoms. The molecule has 8 nitrogen and oxygen atoms in total. The summed E-state index contributed by atoms with van der Waals surface area (Å²) < 4.78 is 0. The van der Waals surface area contributed by atoms with Crippen molar-refractivity contribution < 1.29 is 9.59 Å². The van der Waals surface area contributed by atoms with Gasteiger partial charge in [0.1, 0.15) is 18.2 Å². The molecule has 1 aromatic rings. The van der Waals surface area contributed by atoms with E-state index in [1.54, 1.807) is 18.2 Å². The number of aromatic nitrogens is 1. The van der Waals surface area contributed by atoms with Gasteiger partial charge in [0.05, 0.1) is 0 Å². The highest BCUT2D eigenvalue weighted by atomic mass is 16.2. The van der Waals surface area contributed by atoms with Crippen LogP contribution < -0.4 is 10.6 Å². The zero-order valence-electron chi connectivity index (χ0n) is 9.04. The van der Waals surface area contributed by atoms with E-state index in [1.165, 1.54) is 6.92 Å². The molecule has 0 aliphatic carbocycles. The van der Waals surface area contributed by atoms with E-state index < -0.39 is 5.91 Å². The first-order valence-electron chi connectivity index (χ1n) is 4.67. The van der Waals surface area contributed by atoms with Crippen molar-refractivity contribution in [3.63, 3.8) is 0 Å². The molecular weight excluding hydrogens is 224 g/mol. The van der Waals surface area contributed by atoms with Crippen molar-refractivity contribution in [2.45, 2.75) is 6.92 Å². The third kappa shape index (κ3) is 4.63. The molecule has 1 heterocycles. The van der Waals surface area contributed by atoms with Gasteiger partial charge in [0.25, 0.3) is 0 Å². The molecule has 0 aromatic carbocycles. The number of amides is 2. The smallest absolute Gasteiger partial charge is 0.231 e. The molecule has 1 aromatic heterocycles. The van der Waals surface area contributed by atoms with Gasteiger partial charge in [0.15, 0.2) is 0 Å². The second kappa shape index (κ2) is 6.09. The molecule has 0 saturated carbocycles. The average molecular weight is 234 g/mol. The molecule has 2 N–H and O–H groups in total. The number of rotatable bonds is 4. The zero-order valence-corrected chi connectivity index (χ0v) is 9.04. The number of nitrogens with one attached hydrogen (secondary N) is 2. The molecule has 0 unspecified atom stereocenters. The fourth-order valence-corrected chi connectivity index (χ4v) is 1.03. The number of carbonyl (C=O) groups excluding carboxylic acids is 2. The lowest BCUT2D eigenvalue weighted by Gasteiger charge is -2.05. The molecule has 0 aliphatic rings. The predicted octanol–water partition coefficient (Wildman–Crippen LogP) is 1.29. The van der Waals surface area contributed by atoms with Crippen molar-refractivity contribution in [2.24, 2.45) is 5.11 Å². The first kappa shape index (κ1) is 12.5. The second-order valence-corrected chi connectivity index (χ2v) is 3.03. The number of pyridine rings is 1. The summed E-state index contributed by atoms with van der Waals surface area (Å²) in [5.74, 6) is -0.126. The van der Waals surface area contributed by atoms with Crippen molar-refractivity contribution in [3.8, 4) is 0 Å². The Hall–Kier alpha value is -2.60. The minimum atomic E-state index is -0.477. The van der Waals surface area contributed by atoms with Gasteiger partial charge >= 0.3 is 0 Å². The van der Waals surface area contributed by atoms with Gasteiger partial charge in [-0.25, -0.2) is 4.98 Å². The van der Waals surface area contributed by atoms with Crippen LogP contribution in [-0.2, 0) is 9.59 Å². The quantitative estimate of drug-likeness (QED) is 0.463. The second-order valence-electron chi connectivity index (χ2n) is 3.03. The van der Waals surface area contributed by atoms with Gasteiger partial charge in [-0.2, -0.15) is 0 Å². The van der Waals surface area contributed by atoms with E-state index >= 15 is 0 Å². The van der Waals surface area contributed by atoms with Crippen LogP contribution in [0.5, 0.6) is 0 Å². The van der Waals surface area contributed by atoms with Crippen molar-refractivity contribution in [3.05, 3.63) is 28.6 Å². The summed E-state index contributed by atoms with van der Waals surface area (Å²) in [5, 5.41) is 8.01. The van der Waals surface area contributed by atoms with E-state index in [0.717, 1.165) is 0 Å². The SMILES string of the molecule is CC(=O)Nc1cccc(NC(=O)CN=[N+]=[N-])n1. The van der Waals surface area contributed by atoms with Crippen LogP contribution in [-0.4, -0.2) is 23.3 Å². The van der Waals surface area contributed by atoms with Gasteiger partial charge in [-0.05, 0) is 17.7 Å². The van der Waals surface area contributed by atoms with Crippen molar-refractivity contribution in [2.75, 3.05) is 17.2 Å². The fraction of sp³-hybridized carbons (Fsp3) is 0.222. The highest BCUT2D eigenvalue weighted by molar-refractivity contribution is 5.92. The Morgan fingerprint density at radius 1 is 1.41 bits per heavy atom. The van der Waals surface area contributed by atoms with E-state index in [9.17, 15) is 9.59 Å². The Bertz CT molecular complexity index is 480. The molecule has 0 atom stereocenters. The average Bonchev–Trinajstić information content (AvgIpc) is 2.26. The van der Waals surface area contributed by atoms with Crippen LogP contribution in [0.3, 0.4) is 0 Å². The first-order chi connectivity index (χ1) is 8.11. The van der Waals surface area contributed by atoms with E-state index in [0.29, 0.717) is 5.82 Å². The Labute approximate surface area is 96.7 Å². The number of hydrogen-bond donors (Lipinski definition) is 2. The number of hydrogen-bond acceptors (Lipinski definition) is 4. The zero-order chi connectivity index (χ0) is 12.7. The van der Waals surface area contributed by atoms with Gasteiger partial charge in [0, 0.05) is 11.8 Å². The Morgan fingerprint density at radius 3 is 2.65 bits per heavy atom. The van der Waals surface area contributed by atoms with Crippen LogP contribution in [0.15, 0.2) is 23.3 Å². The molecule has 0 spiro atoms. The van der Waals surface area contributed by atoms with Gasteiger partial charge in [-0.15, -0.1) is 0 Å². The predicted molar refractivity (Wildman–Crippen MR) is 61.2 cm³/mol. The molecule has 1 rings (SSSR count). The van der Waals surface area contributed by atoms with E-state index in [4.69, 9.17) is 5.53 Å². The maximum Gasteiger partial charge on any atom is 0.231 e. The van der Waals surface area contributed by atoms with Crippen LogP contribution in [0.4, 0.5) is 11.6 Å². The van der Waals surface area contributed by atoms with Crippen molar-refractivity contribution >= 4 is 23.5 Å². The van der Waals surface area contributed by atoms with Crippen LogP contribution in [0.25, 0.3) is 10.4 Å². The topological polar surface area (TPSA) is 120 Å². The van der Waals surface area contributed by atoms with Gasteiger partial charge in [-0.1, -0.05) is 11.2 Å². The van der Waals surface area contributed by atoms with E-state index in [2.05, 4.69) is 25.6 Å². The molecule has 17 heavy (non-hydrogen) atoms. The highest BCUT2D eigenvalue weighted by Gasteiger charge is 2.03. The minimum absolute atomic E-state index is 0.255. The first-order valence-corrected chi connectivity index (χ1v) is 4.67. The number of azide groups is 1. The van der Waals surface area contributed by atoms with E-state index in [1.807, 2.05) is 0 Å². The molecule has 0 aliphatic heterocycles. The van der Waals surface area contributed by atoms with Gasteiger partial charge in [-0.3, -0.25) is 9.59 Å². The van der Waals surface area contributed by atoms with E-state index in [-0.39, 0.29) is 18.3 Å². The summed E-state index contributed by atoms with van der Waals surface area (Å²) in [5.41, 5.74) is 8.04. The number of anilines is 2. The van der Waals surface area contributed by atoms with Crippen LogP contribution in [0.1, 0.15) is 6.92 Å². The number of carbonyl (C=O) groups is 2. The molecule has 0 fully saturated rings. The van der Waals surface area contributed by atoms with Gasteiger partial charge < -0.3 is 10.6 Å². The standard InChI is InChI=1S/C9H10N6O2/c1-6(16)12-7-3-2-4-8(13-7)14-9(17)5-11-15-10/h2-4H,5H2,1H3,(H2,12,13,14,16,17). The van der Waals surface area contributed by atoms with Crippen LogP contribution in [0.2, 0.25) is 0 Å². The summed E-state index contributed by atoms with van der Waals surface area (Å²) >= 11 is 0. The fourth-order valence-electron chi connectivity index (χ4n) is 1.03. The monoisotopic (exact) mass is 234 g/mol. The minimum Gasteiger partial charge on any atom is -0.311 e. The summed E-state index contributed by atoms with van der Waals surface area (Å²) in [6.07, 6.45) is 0. The summed E-state index contributed by atoms with van der Waals surface area (Å²) in [7, 11) is 0. The normalized spacial score (nSPS) is 9.00. The maximum atomic E-state index is 11.2. The van der Waals surface area contributed by atoms with Crippen molar-refractivity contribution in [1.82, 2.24) is 4.98 Å². The molecule has 0 bridgehead atoms. The Morgan fingerprint density at radius 2 is 2.06 bits per heavy atom. The lowest BCUT2D eigenvalue weighted by molar-refractivity contribution is -0.115. The lowest BCUT2D eigenvalue weighted by atomic mass is 10.4. The highest BCUT2D eigenvalue weighted by Crippen LogP contribution is 2.08. The van der Waals surface area contributed by atoms with Crippen LogP contribution in [0, 0.1) is 0 Å². The summed E-state index contributed by atoms with van der Waals surface area (Å²) in [4.78, 5) is 28.4. The molecular formula is C9H10N6O2. The van der Waals surface area contributed by atoms with Crippen LogP contribution >= 0.6 is 0 Å². The Balaban J connectivity index is 2.68. The molecule has 0 radical (unpaired) electrons.